The van der Waals surface area contributed by atoms with Crippen LogP contribution in [0.5, 0.6) is 5.75 Å². The minimum Gasteiger partial charge on any atom is -0.492 e. The Balaban J connectivity index is 2.15. The number of nitrogens with zero attached hydrogens (tertiary/aromatic N) is 1. The molecule has 27 heavy (non-hydrogen) atoms. The predicted molar refractivity (Wildman–Crippen MR) is 108 cm³/mol. The van der Waals surface area contributed by atoms with Crippen molar-refractivity contribution in [1.29, 1.82) is 0 Å². The molecule has 0 bridgehead atoms. The summed E-state index contributed by atoms with van der Waals surface area (Å²) in [6, 6.07) is 8.87. The molecule has 0 atom stereocenters. The van der Waals surface area contributed by atoms with Gasteiger partial charge in [0.25, 0.3) is 0 Å². The zero-order valence-corrected chi connectivity index (χ0v) is 17.6. The lowest BCUT2D eigenvalue weighted by Gasteiger charge is -2.18. The molecule has 1 N–H and O–H groups in total. The Morgan fingerprint density at radius 1 is 1.11 bits per heavy atom. The highest BCUT2D eigenvalue weighted by atomic mass is 35.5. The van der Waals surface area contributed by atoms with Crippen LogP contribution in [0, 0.1) is 0 Å². The summed E-state index contributed by atoms with van der Waals surface area (Å²) in [7, 11) is -2.65. The summed E-state index contributed by atoms with van der Waals surface area (Å²) in [6.07, 6.45) is 0. The molecule has 0 saturated carbocycles. The maximum Gasteiger partial charge on any atom is 0.243 e. The SMILES string of the molecule is CCOc1ccc(S(=O)(=O)N(C)CC(=O)Nc2c(Cl)cccc2Cl)cc1Cl. The lowest BCUT2D eigenvalue weighted by Crippen LogP contribution is -2.35. The molecule has 2 rings (SSSR count). The Labute approximate surface area is 173 Å². The summed E-state index contributed by atoms with van der Waals surface area (Å²) < 4.78 is 31.5. The fourth-order valence-corrected chi connectivity index (χ4v) is 4.12. The number of carbonyl (C=O) groups excluding carboxylic acids is 1. The monoisotopic (exact) mass is 450 g/mol. The highest BCUT2D eigenvalue weighted by molar-refractivity contribution is 7.89. The first kappa shape index (κ1) is 21.8. The van der Waals surface area contributed by atoms with E-state index in [0.29, 0.717) is 12.4 Å². The second-order valence-electron chi connectivity index (χ2n) is 5.43. The van der Waals surface area contributed by atoms with Crippen LogP contribution in [0.1, 0.15) is 6.92 Å². The molecule has 0 fully saturated rings. The molecule has 0 radical (unpaired) electrons. The van der Waals surface area contributed by atoms with Gasteiger partial charge in [0.2, 0.25) is 15.9 Å². The lowest BCUT2D eigenvalue weighted by atomic mass is 10.3. The average molecular weight is 452 g/mol. The Morgan fingerprint density at radius 2 is 1.74 bits per heavy atom. The van der Waals surface area contributed by atoms with E-state index < -0.39 is 22.5 Å². The van der Waals surface area contributed by atoms with Crippen LogP contribution in [0.15, 0.2) is 41.3 Å². The van der Waals surface area contributed by atoms with E-state index in [-0.39, 0.29) is 25.7 Å². The van der Waals surface area contributed by atoms with Gasteiger partial charge < -0.3 is 10.1 Å². The largest absolute Gasteiger partial charge is 0.492 e. The van der Waals surface area contributed by atoms with Crippen molar-refractivity contribution in [2.45, 2.75) is 11.8 Å². The number of sulfonamides is 1. The normalized spacial score (nSPS) is 11.5. The number of nitrogens with one attached hydrogen (secondary N) is 1. The maximum absolute atomic E-state index is 12.7. The van der Waals surface area contributed by atoms with Crippen LogP contribution in [0.2, 0.25) is 15.1 Å². The van der Waals surface area contributed by atoms with Gasteiger partial charge in [-0.3, -0.25) is 4.79 Å². The smallest absolute Gasteiger partial charge is 0.243 e. The Hall–Kier alpha value is -1.51. The van der Waals surface area contributed by atoms with Gasteiger partial charge in [-0.1, -0.05) is 40.9 Å². The third-order valence-corrected chi connectivity index (χ3v) is 6.23. The molecule has 0 spiro atoms. The number of hydrogen-bond donors (Lipinski definition) is 1. The molecule has 0 aliphatic rings. The quantitative estimate of drug-likeness (QED) is 0.681. The number of rotatable bonds is 7. The molecule has 0 aromatic heterocycles. The minimum atomic E-state index is -3.93. The number of ether oxygens (including phenoxy) is 1. The molecule has 6 nitrogen and oxygen atoms in total. The van der Waals surface area contributed by atoms with Crippen molar-refractivity contribution in [1.82, 2.24) is 4.31 Å². The number of amides is 1. The highest BCUT2D eigenvalue weighted by Crippen LogP contribution is 2.30. The third kappa shape index (κ3) is 5.27. The number of benzene rings is 2. The van der Waals surface area contributed by atoms with E-state index in [9.17, 15) is 13.2 Å². The molecule has 0 aliphatic heterocycles. The second-order valence-corrected chi connectivity index (χ2v) is 8.70. The van der Waals surface area contributed by atoms with Crippen LogP contribution in [0.3, 0.4) is 0 Å². The summed E-state index contributed by atoms with van der Waals surface area (Å²) in [4.78, 5) is 12.2. The van der Waals surface area contributed by atoms with Gasteiger partial charge in [0, 0.05) is 7.05 Å². The maximum atomic E-state index is 12.7. The summed E-state index contributed by atoms with van der Waals surface area (Å²) in [5.41, 5.74) is 0.223. The highest BCUT2D eigenvalue weighted by Gasteiger charge is 2.24. The van der Waals surface area contributed by atoms with E-state index in [2.05, 4.69) is 5.32 Å². The van der Waals surface area contributed by atoms with Crippen LogP contribution in [-0.4, -0.2) is 38.8 Å². The van der Waals surface area contributed by atoms with E-state index in [4.69, 9.17) is 39.5 Å². The number of carbonyl (C=O) groups is 1. The molecule has 2 aromatic carbocycles. The van der Waals surface area contributed by atoms with Gasteiger partial charge in [-0.15, -0.1) is 0 Å². The van der Waals surface area contributed by atoms with Crippen molar-refractivity contribution in [3.05, 3.63) is 51.5 Å². The van der Waals surface area contributed by atoms with Crippen LogP contribution in [-0.2, 0) is 14.8 Å². The first-order valence-electron chi connectivity index (χ1n) is 7.79. The summed E-state index contributed by atoms with van der Waals surface area (Å²) in [5.74, 6) is -0.208. The van der Waals surface area contributed by atoms with Gasteiger partial charge >= 0.3 is 0 Å². The first-order chi connectivity index (χ1) is 12.7. The summed E-state index contributed by atoms with van der Waals surface area (Å²) in [5, 5.41) is 3.18. The van der Waals surface area contributed by atoms with Crippen molar-refractivity contribution in [2.24, 2.45) is 0 Å². The Morgan fingerprint density at radius 3 is 2.30 bits per heavy atom. The average Bonchev–Trinajstić information content (AvgIpc) is 2.60. The number of hydrogen-bond acceptors (Lipinski definition) is 4. The minimum absolute atomic E-state index is 0.0537. The first-order valence-corrected chi connectivity index (χ1v) is 10.4. The standard InChI is InChI=1S/C17H17Cl3N2O4S/c1-3-26-15-8-7-11(9-14(15)20)27(24,25)22(2)10-16(23)21-17-12(18)5-4-6-13(17)19/h4-9H,3,10H2,1-2H3,(H,21,23). The van der Waals surface area contributed by atoms with E-state index in [1.165, 1.54) is 25.2 Å². The second kappa shape index (κ2) is 9.12. The van der Waals surface area contributed by atoms with Crippen LogP contribution >= 0.6 is 34.8 Å². The van der Waals surface area contributed by atoms with E-state index in [0.717, 1.165) is 4.31 Å². The number of halogens is 3. The van der Waals surface area contributed by atoms with Crippen LogP contribution in [0.25, 0.3) is 0 Å². The van der Waals surface area contributed by atoms with Crippen molar-refractivity contribution < 1.29 is 17.9 Å². The lowest BCUT2D eigenvalue weighted by molar-refractivity contribution is -0.116. The molecule has 2 aromatic rings. The van der Waals surface area contributed by atoms with Crippen molar-refractivity contribution >= 4 is 56.4 Å². The number of likely N-dealkylation sites (N-methyl/N-ethyl adjacent to an activating group) is 1. The van der Waals surface area contributed by atoms with Gasteiger partial charge in [0.05, 0.1) is 38.8 Å². The Kier molecular flexibility index (Phi) is 7.36. The van der Waals surface area contributed by atoms with E-state index in [1.807, 2.05) is 0 Å². The van der Waals surface area contributed by atoms with Gasteiger partial charge in [-0.2, -0.15) is 4.31 Å². The molecule has 0 unspecified atom stereocenters. The van der Waals surface area contributed by atoms with E-state index in [1.54, 1.807) is 25.1 Å². The zero-order chi connectivity index (χ0) is 20.2. The van der Waals surface area contributed by atoms with Crippen molar-refractivity contribution in [2.75, 3.05) is 25.5 Å². The van der Waals surface area contributed by atoms with Gasteiger partial charge in [-0.05, 0) is 37.3 Å². The van der Waals surface area contributed by atoms with E-state index >= 15 is 0 Å². The predicted octanol–water partition coefficient (Wildman–Crippen LogP) is 4.30. The van der Waals surface area contributed by atoms with Gasteiger partial charge in [0.15, 0.2) is 0 Å². The third-order valence-electron chi connectivity index (χ3n) is 3.50. The summed E-state index contributed by atoms with van der Waals surface area (Å²) in [6.45, 7) is 1.75. The molecule has 1 amide bonds. The molecule has 146 valence electrons. The van der Waals surface area contributed by atoms with Crippen molar-refractivity contribution in [3.63, 3.8) is 0 Å². The number of para-hydroxylation sites is 1. The molecule has 0 saturated heterocycles. The molecular weight excluding hydrogens is 435 g/mol. The summed E-state index contributed by atoms with van der Waals surface area (Å²) >= 11 is 18.0. The molecule has 0 aliphatic carbocycles. The van der Waals surface area contributed by atoms with Gasteiger partial charge in [-0.25, -0.2) is 8.42 Å². The van der Waals surface area contributed by atoms with Crippen molar-refractivity contribution in [3.8, 4) is 5.75 Å². The topological polar surface area (TPSA) is 75.7 Å². The fraction of sp³-hybridized carbons (Fsp3) is 0.235. The van der Waals surface area contributed by atoms with Crippen LogP contribution in [0.4, 0.5) is 5.69 Å². The molecule has 0 heterocycles. The molecular formula is C17H17Cl3N2O4S. The van der Waals surface area contributed by atoms with Gasteiger partial charge in [0.1, 0.15) is 5.75 Å². The zero-order valence-electron chi connectivity index (χ0n) is 14.5. The fourth-order valence-electron chi connectivity index (χ4n) is 2.18. The Bertz CT molecular complexity index is 931. The molecule has 10 heteroatoms. The van der Waals surface area contributed by atoms with Crippen LogP contribution < -0.4 is 10.1 Å². The number of anilines is 1.